The van der Waals surface area contributed by atoms with Crippen LogP contribution in [0.4, 0.5) is 0 Å². The Hall–Kier alpha value is -0.960. The second kappa shape index (κ2) is 8.26. The number of nitrogens with zero attached hydrogens (tertiary/aromatic N) is 2. The van der Waals surface area contributed by atoms with Crippen molar-refractivity contribution in [2.75, 3.05) is 26.7 Å². The van der Waals surface area contributed by atoms with Gasteiger partial charge in [-0.2, -0.15) is 22.5 Å². The molecule has 3 N–H and O–H groups in total. The van der Waals surface area contributed by atoms with E-state index in [-0.39, 0.29) is 6.54 Å². The summed E-state index contributed by atoms with van der Waals surface area (Å²) in [6, 6.07) is 0. The molecule has 1 aromatic rings. The molecule has 0 aliphatic heterocycles. The van der Waals surface area contributed by atoms with Crippen molar-refractivity contribution in [2.45, 2.75) is 26.3 Å². The van der Waals surface area contributed by atoms with Crippen LogP contribution in [0.3, 0.4) is 0 Å². The Morgan fingerprint density at radius 1 is 1.42 bits per heavy atom. The van der Waals surface area contributed by atoms with Crippen LogP contribution in [0.5, 0.6) is 0 Å². The first-order chi connectivity index (χ1) is 9.06. The van der Waals surface area contributed by atoms with Crippen molar-refractivity contribution < 1.29 is 8.42 Å². The fourth-order valence-corrected chi connectivity index (χ4v) is 2.45. The Kier molecular flexibility index (Phi) is 7.00. The van der Waals surface area contributed by atoms with Gasteiger partial charge in [-0.25, -0.2) is 0 Å². The SMILES string of the molecule is CCCNCCCN(C)S(=O)(=O)NCc1cn[nH]c1. The highest BCUT2D eigenvalue weighted by molar-refractivity contribution is 7.87. The summed E-state index contributed by atoms with van der Waals surface area (Å²) >= 11 is 0. The number of hydrogen-bond acceptors (Lipinski definition) is 4. The van der Waals surface area contributed by atoms with E-state index in [0.29, 0.717) is 6.54 Å². The molecule has 0 atom stereocenters. The summed E-state index contributed by atoms with van der Waals surface area (Å²) < 4.78 is 27.7. The van der Waals surface area contributed by atoms with E-state index in [1.54, 1.807) is 19.4 Å². The van der Waals surface area contributed by atoms with Crippen molar-refractivity contribution in [3.05, 3.63) is 18.0 Å². The highest BCUT2D eigenvalue weighted by atomic mass is 32.2. The zero-order chi connectivity index (χ0) is 14.1. The van der Waals surface area contributed by atoms with Gasteiger partial charge in [0.1, 0.15) is 0 Å². The molecule has 110 valence electrons. The van der Waals surface area contributed by atoms with Gasteiger partial charge in [0.2, 0.25) is 0 Å². The van der Waals surface area contributed by atoms with Crippen molar-refractivity contribution >= 4 is 10.2 Å². The fourth-order valence-electron chi connectivity index (χ4n) is 1.51. The van der Waals surface area contributed by atoms with Gasteiger partial charge in [0.25, 0.3) is 10.2 Å². The van der Waals surface area contributed by atoms with E-state index in [9.17, 15) is 8.42 Å². The minimum atomic E-state index is -3.42. The minimum absolute atomic E-state index is 0.247. The third-order valence-corrected chi connectivity index (χ3v) is 4.19. The molecular formula is C11H23N5O2S. The largest absolute Gasteiger partial charge is 0.317 e. The Labute approximate surface area is 115 Å². The average Bonchev–Trinajstić information content (AvgIpc) is 2.89. The van der Waals surface area contributed by atoms with Crippen LogP contribution in [-0.2, 0) is 16.8 Å². The molecule has 0 radical (unpaired) electrons. The van der Waals surface area contributed by atoms with E-state index in [1.165, 1.54) is 4.31 Å². The summed E-state index contributed by atoms with van der Waals surface area (Å²) in [7, 11) is -1.83. The average molecular weight is 289 g/mol. The van der Waals surface area contributed by atoms with Gasteiger partial charge >= 0.3 is 0 Å². The summed E-state index contributed by atoms with van der Waals surface area (Å²) in [5.41, 5.74) is 0.807. The van der Waals surface area contributed by atoms with Crippen LogP contribution in [0.15, 0.2) is 12.4 Å². The maximum absolute atomic E-state index is 11.9. The van der Waals surface area contributed by atoms with Crippen LogP contribution in [0.2, 0.25) is 0 Å². The van der Waals surface area contributed by atoms with Crippen LogP contribution < -0.4 is 10.0 Å². The summed E-state index contributed by atoms with van der Waals surface area (Å²) in [6.07, 6.45) is 5.14. The molecule has 7 nitrogen and oxygen atoms in total. The second-order valence-corrected chi connectivity index (χ2v) is 6.22. The van der Waals surface area contributed by atoms with Crippen molar-refractivity contribution in [2.24, 2.45) is 0 Å². The van der Waals surface area contributed by atoms with Crippen LogP contribution in [0, 0.1) is 0 Å². The van der Waals surface area contributed by atoms with Gasteiger partial charge in [-0.1, -0.05) is 6.92 Å². The van der Waals surface area contributed by atoms with E-state index in [1.807, 2.05) is 0 Å². The molecule has 0 spiro atoms. The van der Waals surface area contributed by atoms with E-state index in [0.717, 1.165) is 31.5 Å². The normalized spacial score (nSPS) is 12.2. The van der Waals surface area contributed by atoms with Gasteiger partial charge in [0.15, 0.2) is 0 Å². The fraction of sp³-hybridized carbons (Fsp3) is 0.727. The zero-order valence-electron chi connectivity index (χ0n) is 11.5. The van der Waals surface area contributed by atoms with Crippen LogP contribution in [0.1, 0.15) is 25.3 Å². The molecule has 0 aliphatic rings. The summed E-state index contributed by atoms with van der Waals surface area (Å²) in [5, 5.41) is 9.65. The molecule has 0 saturated heterocycles. The van der Waals surface area contributed by atoms with E-state index < -0.39 is 10.2 Å². The zero-order valence-corrected chi connectivity index (χ0v) is 12.3. The van der Waals surface area contributed by atoms with E-state index >= 15 is 0 Å². The lowest BCUT2D eigenvalue weighted by atomic mass is 10.4. The van der Waals surface area contributed by atoms with Gasteiger partial charge in [-0.05, 0) is 25.9 Å². The summed E-state index contributed by atoms with van der Waals surface area (Å²) in [4.78, 5) is 0. The highest BCUT2D eigenvalue weighted by Gasteiger charge is 2.16. The third-order valence-electron chi connectivity index (χ3n) is 2.68. The molecular weight excluding hydrogens is 266 g/mol. The third kappa shape index (κ3) is 6.15. The molecule has 0 unspecified atom stereocenters. The number of aromatic amines is 1. The monoisotopic (exact) mass is 289 g/mol. The van der Waals surface area contributed by atoms with Crippen LogP contribution >= 0.6 is 0 Å². The minimum Gasteiger partial charge on any atom is -0.317 e. The molecule has 0 fully saturated rings. The maximum atomic E-state index is 11.9. The Balaban J connectivity index is 2.27. The summed E-state index contributed by atoms with van der Waals surface area (Å²) in [6.45, 7) is 4.64. The van der Waals surface area contributed by atoms with Crippen LogP contribution in [0.25, 0.3) is 0 Å². The van der Waals surface area contributed by atoms with Crippen molar-refractivity contribution in [1.82, 2.24) is 24.5 Å². The van der Waals surface area contributed by atoms with Gasteiger partial charge in [0, 0.05) is 31.9 Å². The van der Waals surface area contributed by atoms with Gasteiger partial charge < -0.3 is 5.32 Å². The highest BCUT2D eigenvalue weighted by Crippen LogP contribution is 1.99. The molecule has 0 saturated carbocycles. The molecule has 0 bridgehead atoms. The van der Waals surface area contributed by atoms with Crippen molar-refractivity contribution in [1.29, 1.82) is 0 Å². The number of hydrogen-bond donors (Lipinski definition) is 3. The quantitative estimate of drug-likeness (QED) is 0.532. The van der Waals surface area contributed by atoms with Crippen molar-refractivity contribution in [3.8, 4) is 0 Å². The number of aromatic nitrogens is 2. The lowest BCUT2D eigenvalue weighted by Crippen LogP contribution is -2.39. The first-order valence-electron chi connectivity index (χ1n) is 6.45. The second-order valence-electron chi connectivity index (χ2n) is 4.36. The lowest BCUT2D eigenvalue weighted by Gasteiger charge is -2.17. The van der Waals surface area contributed by atoms with Crippen LogP contribution in [-0.4, -0.2) is 49.6 Å². The van der Waals surface area contributed by atoms with Gasteiger partial charge in [0.05, 0.1) is 6.20 Å². The molecule has 8 heteroatoms. The van der Waals surface area contributed by atoms with Gasteiger partial charge in [-0.3, -0.25) is 5.10 Å². The van der Waals surface area contributed by atoms with E-state index in [4.69, 9.17) is 0 Å². The Bertz CT molecular complexity index is 432. The maximum Gasteiger partial charge on any atom is 0.279 e. The van der Waals surface area contributed by atoms with Gasteiger partial charge in [-0.15, -0.1) is 0 Å². The lowest BCUT2D eigenvalue weighted by molar-refractivity contribution is 0.444. The van der Waals surface area contributed by atoms with Crippen molar-refractivity contribution in [3.63, 3.8) is 0 Å². The first kappa shape index (κ1) is 16.1. The first-order valence-corrected chi connectivity index (χ1v) is 7.89. The standard InChI is InChI=1S/C11H23N5O2S/c1-3-5-12-6-4-7-16(2)19(17,18)15-10-11-8-13-14-9-11/h8-9,12,15H,3-7,10H2,1-2H3,(H,13,14). The Morgan fingerprint density at radius 2 is 2.21 bits per heavy atom. The molecule has 1 aromatic heterocycles. The molecule has 1 rings (SSSR count). The van der Waals surface area contributed by atoms with E-state index in [2.05, 4.69) is 27.2 Å². The number of nitrogens with one attached hydrogen (secondary N) is 3. The Morgan fingerprint density at radius 3 is 2.84 bits per heavy atom. The predicted octanol–water partition coefficient (Wildman–Crippen LogP) is 0.0656. The molecule has 0 amide bonds. The molecule has 1 heterocycles. The molecule has 0 aliphatic carbocycles. The smallest absolute Gasteiger partial charge is 0.279 e. The predicted molar refractivity (Wildman–Crippen MR) is 74.8 cm³/mol. The number of H-pyrrole nitrogens is 1. The molecule has 0 aromatic carbocycles. The number of rotatable bonds is 10. The molecule has 19 heavy (non-hydrogen) atoms. The topological polar surface area (TPSA) is 90.1 Å². The summed E-state index contributed by atoms with van der Waals surface area (Å²) in [5.74, 6) is 0.